The molecule has 20 heavy (non-hydrogen) atoms. The van der Waals surface area contributed by atoms with Crippen LogP contribution in [0.4, 0.5) is 10.1 Å². The molecule has 1 nitrogen and oxygen atoms in total. The summed E-state index contributed by atoms with van der Waals surface area (Å²) in [6.45, 7) is 1.97. The second-order valence-electron chi connectivity index (χ2n) is 4.69. The average Bonchev–Trinajstić information content (AvgIpc) is 2.46. The van der Waals surface area contributed by atoms with E-state index < -0.39 is 0 Å². The number of halogens is 3. The molecule has 0 bridgehead atoms. The molecule has 0 saturated heterocycles. The molecule has 0 aliphatic rings. The number of alkyl halides is 1. The normalized spacial score (nSPS) is 12.2. The third-order valence-electron chi connectivity index (χ3n) is 3.50. The number of rotatable bonds is 4. The Labute approximate surface area is 132 Å². The predicted molar refractivity (Wildman–Crippen MR) is 87.3 cm³/mol. The van der Waals surface area contributed by atoms with Crippen LogP contribution in [-0.2, 0) is 5.33 Å². The Hall–Kier alpha value is -1.06. The van der Waals surface area contributed by atoms with Gasteiger partial charge in [-0.25, -0.2) is 4.39 Å². The topological polar surface area (TPSA) is 3.24 Å². The van der Waals surface area contributed by atoms with Gasteiger partial charge in [0.15, 0.2) is 0 Å². The van der Waals surface area contributed by atoms with Crippen LogP contribution in [0.2, 0.25) is 5.02 Å². The Bertz CT molecular complexity index is 603. The van der Waals surface area contributed by atoms with Crippen molar-refractivity contribution in [1.29, 1.82) is 0 Å². The van der Waals surface area contributed by atoms with Gasteiger partial charge >= 0.3 is 0 Å². The lowest BCUT2D eigenvalue weighted by Gasteiger charge is -2.30. The molecule has 0 spiro atoms. The van der Waals surface area contributed by atoms with Crippen molar-refractivity contribution in [1.82, 2.24) is 0 Å². The summed E-state index contributed by atoms with van der Waals surface area (Å²) in [5, 5.41) is 1.38. The van der Waals surface area contributed by atoms with E-state index in [0.717, 1.165) is 11.3 Å². The smallest absolute Gasteiger partial charge is 0.128 e. The number of benzene rings is 2. The molecule has 0 radical (unpaired) electrons. The van der Waals surface area contributed by atoms with Gasteiger partial charge < -0.3 is 4.90 Å². The molecule has 106 valence electrons. The van der Waals surface area contributed by atoms with Crippen molar-refractivity contribution in [2.45, 2.75) is 18.3 Å². The fourth-order valence-electron chi connectivity index (χ4n) is 2.28. The summed E-state index contributed by atoms with van der Waals surface area (Å²) in [5.74, 6) is -0.195. The van der Waals surface area contributed by atoms with E-state index in [1.807, 2.05) is 43.1 Å². The van der Waals surface area contributed by atoms with Crippen LogP contribution in [0.3, 0.4) is 0 Å². The van der Waals surface area contributed by atoms with Gasteiger partial charge in [0.1, 0.15) is 5.82 Å². The maximum absolute atomic E-state index is 13.9. The molecule has 0 aromatic heterocycles. The highest BCUT2D eigenvalue weighted by Gasteiger charge is 2.19. The van der Waals surface area contributed by atoms with Crippen molar-refractivity contribution in [3.8, 4) is 0 Å². The third-order valence-corrected chi connectivity index (χ3v) is 4.41. The first kappa shape index (κ1) is 15.3. The van der Waals surface area contributed by atoms with E-state index in [-0.39, 0.29) is 11.9 Å². The molecule has 1 atom stereocenters. The molecule has 4 heteroatoms. The fraction of sp³-hybridized carbons (Fsp3) is 0.250. The molecule has 0 fully saturated rings. The van der Waals surface area contributed by atoms with Crippen molar-refractivity contribution in [2.75, 3.05) is 11.9 Å². The molecule has 0 heterocycles. The first-order chi connectivity index (χ1) is 9.56. The van der Waals surface area contributed by atoms with Crippen LogP contribution in [0.15, 0.2) is 42.5 Å². The van der Waals surface area contributed by atoms with Gasteiger partial charge in [-0.3, -0.25) is 0 Å². The van der Waals surface area contributed by atoms with Gasteiger partial charge in [-0.05, 0) is 24.6 Å². The quantitative estimate of drug-likeness (QED) is 0.647. The molecule has 0 aliphatic carbocycles. The van der Waals surface area contributed by atoms with Crippen LogP contribution >= 0.6 is 27.5 Å². The lowest BCUT2D eigenvalue weighted by atomic mass is 10.0. The lowest BCUT2D eigenvalue weighted by molar-refractivity contribution is 0.585. The Morgan fingerprint density at radius 2 is 1.90 bits per heavy atom. The van der Waals surface area contributed by atoms with Gasteiger partial charge in [0, 0.05) is 17.9 Å². The van der Waals surface area contributed by atoms with Gasteiger partial charge in [0.05, 0.1) is 16.8 Å². The number of para-hydroxylation sites is 1. The molecular weight excluding hydrogens is 341 g/mol. The van der Waals surface area contributed by atoms with E-state index in [1.54, 1.807) is 12.1 Å². The highest BCUT2D eigenvalue weighted by atomic mass is 79.9. The zero-order valence-electron chi connectivity index (χ0n) is 11.4. The first-order valence-corrected chi connectivity index (χ1v) is 7.86. The van der Waals surface area contributed by atoms with E-state index in [9.17, 15) is 4.39 Å². The van der Waals surface area contributed by atoms with Crippen LogP contribution in [0, 0.1) is 5.82 Å². The van der Waals surface area contributed by atoms with Gasteiger partial charge in [-0.1, -0.05) is 57.9 Å². The van der Waals surface area contributed by atoms with E-state index >= 15 is 0 Å². The monoisotopic (exact) mass is 355 g/mol. The van der Waals surface area contributed by atoms with Crippen LogP contribution in [0.1, 0.15) is 24.1 Å². The van der Waals surface area contributed by atoms with E-state index in [1.165, 1.54) is 6.07 Å². The second-order valence-corrected chi connectivity index (χ2v) is 5.66. The minimum atomic E-state index is -0.195. The SMILES string of the molecule is CC(c1ccccc1F)N(C)c1c(Cl)cccc1CBr. The van der Waals surface area contributed by atoms with Crippen LogP contribution < -0.4 is 4.90 Å². The second kappa shape index (κ2) is 6.59. The zero-order chi connectivity index (χ0) is 14.7. The van der Waals surface area contributed by atoms with Crippen molar-refractivity contribution in [2.24, 2.45) is 0 Å². The maximum Gasteiger partial charge on any atom is 0.128 e. The van der Waals surface area contributed by atoms with Gasteiger partial charge in [-0.2, -0.15) is 0 Å². The largest absolute Gasteiger partial charge is 0.366 e. The zero-order valence-corrected chi connectivity index (χ0v) is 13.7. The molecule has 2 rings (SSSR count). The van der Waals surface area contributed by atoms with Crippen molar-refractivity contribution < 1.29 is 4.39 Å². The Morgan fingerprint density at radius 3 is 2.55 bits per heavy atom. The van der Waals surface area contributed by atoms with E-state index in [0.29, 0.717) is 15.9 Å². The molecule has 1 unspecified atom stereocenters. The summed E-state index contributed by atoms with van der Waals surface area (Å²) in [6, 6.07) is 12.5. The summed E-state index contributed by atoms with van der Waals surface area (Å²) in [5.41, 5.74) is 2.68. The number of hydrogen-bond acceptors (Lipinski definition) is 1. The van der Waals surface area contributed by atoms with Crippen LogP contribution in [0.25, 0.3) is 0 Å². The van der Waals surface area contributed by atoms with Crippen molar-refractivity contribution in [3.05, 3.63) is 64.4 Å². The van der Waals surface area contributed by atoms with Crippen molar-refractivity contribution >= 4 is 33.2 Å². The van der Waals surface area contributed by atoms with Gasteiger partial charge in [-0.15, -0.1) is 0 Å². The predicted octanol–water partition coefficient (Wildman–Crippen LogP) is 5.57. The minimum Gasteiger partial charge on any atom is -0.366 e. The van der Waals surface area contributed by atoms with E-state index in [4.69, 9.17) is 11.6 Å². The fourth-order valence-corrected chi connectivity index (χ4v) is 3.06. The van der Waals surface area contributed by atoms with E-state index in [2.05, 4.69) is 15.9 Å². The molecule has 0 saturated carbocycles. The summed E-state index contributed by atoms with van der Waals surface area (Å²) in [6.07, 6.45) is 0. The van der Waals surface area contributed by atoms with Crippen LogP contribution in [-0.4, -0.2) is 7.05 Å². The minimum absolute atomic E-state index is 0.103. The first-order valence-electron chi connectivity index (χ1n) is 6.37. The number of anilines is 1. The third kappa shape index (κ3) is 2.99. The highest BCUT2D eigenvalue weighted by Crippen LogP contribution is 2.35. The number of nitrogens with zero attached hydrogens (tertiary/aromatic N) is 1. The highest BCUT2D eigenvalue weighted by molar-refractivity contribution is 9.08. The van der Waals surface area contributed by atoms with Gasteiger partial charge in [0.25, 0.3) is 0 Å². The summed E-state index contributed by atoms with van der Waals surface area (Å²) >= 11 is 9.79. The summed E-state index contributed by atoms with van der Waals surface area (Å²) < 4.78 is 13.9. The molecule has 0 amide bonds. The van der Waals surface area contributed by atoms with Gasteiger partial charge in [0.2, 0.25) is 0 Å². The average molecular weight is 357 g/mol. The standard InChI is InChI=1S/C16H16BrClFN/c1-11(13-7-3-4-9-15(13)19)20(2)16-12(10-17)6-5-8-14(16)18/h3-9,11H,10H2,1-2H3. The molecule has 0 N–H and O–H groups in total. The molecule has 0 aliphatic heterocycles. The summed E-state index contributed by atoms with van der Waals surface area (Å²) in [7, 11) is 1.94. The molecule has 2 aromatic rings. The Morgan fingerprint density at radius 1 is 1.20 bits per heavy atom. The van der Waals surface area contributed by atoms with Crippen molar-refractivity contribution in [3.63, 3.8) is 0 Å². The lowest BCUT2D eigenvalue weighted by Crippen LogP contribution is -2.23. The Balaban J connectivity index is 2.41. The number of hydrogen-bond donors (Lipinski definition) is 0. The molecule has 2 aromatic carbocycles. The molecular formula is C16H16BrClFN. The summed E-state index contributed by atoms with van der Waals surface area (Å²) in [4.78, 5) is 2.01. The maximum atomic E-state index is 13.9. The Kier molecular flexibility index (Phi) is 5.06. The van der Waals surface area contributed by atoms with Crippen LogP contribution in [0.5, 0.6) is 0 Å².